The quantitative estimate of drug-likeness (QED) is 0.360. The molecule has 3 rings (SSSR count). The molecule has 0 saturated heterocycles. The Labute approximate surface area is 183 Å². The smallest absolute Gasteiger partial charge is 0.339 e. The molecule has 3 aromatic carbocycles. The predicted octanol–water partition coefficient (Wildman–Crippen LogP) is 4.27. The highest BCUT2D eigenvalue weighted by Gasteiger charge is 2.10. The number of methoxy groups -OCH3 is 1. The Hall–Kier alpha value is -4.40. The van der Waals surface area contributed by atoms with E-state index in [-0.39, 0.29) is 12.2 Å². The van der Waals surface area contributed by atoms with Crippen molar-refractivity contribution in [3.05, 3.63) is 89.2 Å². The van der Waals surface area contributed by atoms with Crippen LogP contribution in [0.25, 0.3) is 0 Å². The standard InChI is InChI=1S/C23H20FN3O5/c1-31-20-4-2-3-17(13-25-27-23(30)26-19-11-9-18(24)10-12-19)21(20)32-14-15-5-7-16(8-6-15)22(28)29/h2-13H,14H2,1H3,(H,28,29)(H2,26,27,30)/b25-13+. The summed E-state index contributed by atoms with van der Waals surface area (Å²) in [7, 11) is 1.50. The Morgan fingerprint density at radius 1 is 1.06 bits per heavy atom. The lowest BCUT2D eigenvalue weighted by molar-refractivity contribution is 0.0696. The molecule has 3 N–H and O–H groups in total. The molecule has 0 radical (unpaired) electrons. The van der Waals surface area contributed by atoms with Crippen molar-refractivity contribution in [3.63, 3.8) is 0 Å². The minimum Gasteiger partial charge on any atom is -0.493 e. The van der Waals surface area contributed by atoms with E-state index in [4.69, 9.17) is 14.6 Å². The lowest BCUT2D eigenvalue weighted by Gasteiger charge is -2.13. The molecule has 0 aliphatic heterocycles. The first-order chi connectivity index (χ1) is 15.5. The number of hydrogen-bond donors (Lipinski definition) is 3. The van der Waals surface area contributed by atoms with Crippen LogP contribution in [0.1, 0.15) is 21.5 Å². The molecule has 0 aliphatic rings. The van der Waals surface area contributed by atoms with E-state index >= 15 is 0 Å². The average Bonchev–Trinajstić information content (AvgIpc) is 2.79. The molecule has 164 valence electrons. The van der Waals surface area contributed by atoms with Gasteiger partial charge in [-0.05, 0) is 54.1 Å². The second-order valence-corrected chi connectivity index (χ2v) is 6.50. The number of nitrogens with zero attached hydrogens (tertiary/aromatic N) is 1. The maximum Gasteiger partial charge on any atom is 0.339 e. The highest BCUT2D eigenvalue weighted by Crippen LogP contribution is 2.30. The van der Waals surface area contributed by atoms with Gasteiger partial charge >= 0.3 is 12.0 Å². The van der Waals surface area contributed by atoms with E-state index in [0.29, 0.717) is 22.7 Å². The van der Waals surface area contributed by atoms with E-state index in [2.05, 4.69) is 15.8 Å². The fourth-order valence-electron chi connectivity index (χ4n) is 2.70. The Morgan fingerprint density at radius 2 is 1.78 bits per heavy atom. The Balaban J connectivity index is 1.66. The molecule has 0 saturated carbocycles. The van der Waals surface area contributed by atoms with Crippen LogP contribution in [-0.4, -0.2) is 30.4 Å². The summed E-state index contributed by atoms with van der Waals surface area (Å²) in [5.74, 6) is -0.539. The van der Waals surface area contributed by atoms with Gasteiger partial charge in [0.05, 0.1) is 18.9 Å². The molecule has 9 heteroatoms. The molecular formula is C23H20FN3O5. The van der Waals surface area contributed by atoms with Crippen LogP contribution in [0.4, 0.5) is 14.9 Å². The van der Waals surface area contributed by atoms with E-state index in [9.17, 15) is 14.0 Å². The zero-order valence-electron chi connectivity index (χ0n) is 17.0. The minimum atomic E-state index is -1.00. The number of nitrogens with one attached hydrogen (secondary N) is 2. The molecule has 0 atom stereocenters. The number of hydrogen-bond acceptors (Lipinski definition) is 5. The van der Waals surface area contributed by atoms with Crippen molar-refractivity contribution in [2.24, 2.45) is 5.10 Å². The van der Waals surface area contributed by atoms with Crippen molar-refractivity contribution in [2.45, 2.75) is 6.61 Å². The van der Waals surface area contributed by atoms with Crippen molar-refractivity contribution >= 4 is 23.9 Å². The number of carboxylic acid groups (broad SMARTS) is 1. The zero-order chi connectivity index (χ0) is 22.9. The number of amides is 2. The molecule has 3 aromatic rings. The van der Waals surface area contributed by atoms with Gasteiger partial charge < -0.3 is 19.9 Å². The SMILES string of the molecule is COc1cccc(/C=N/NC(=O)Nc2ccc(F)cc2)c1OCc1ccc(C(=O)O)cc1. The number of hydrazone groups is 1. The number of aromatic carboxylic acids is 1. The number of ether oxygens (including phenoxy) is 2. The summed E-state index contributed by atoms with van der Waals surface area (Å²) >= 11 is 0. The Morgan fingerprint density at radius 3 is 2.44 bits per heavy atom. The summed E-state index contributed by atoms with van der Waals surface area (Å²) in [5, 5.41) is 15.4. The van der Waals surface area contributed by atoms with Crippen LogP contribution in [0.5, 0.6) is 11.5 Å². The highest BCUT2D eigenvalue weighted by atomic mass is 19.1. The third-order valence-electron chi connectivity index (χ3n) is 4.29. The normalized spacial score (nSPS) is 10.6. The molecule has 0 unspecified atom stereocenters. The maximum absolute atomic E-state index is 12.9. The minimum absolute atomic E-state index is 0.166. The Kier molecular flexibility index (Phi) is 7.37. The third-order valence-corrected chi connectivity index (χ3v) is 4.29. The number of carbonyl (C=O) groups excluding carboxylic acids is 1. The number of urea groups is 1. The number of rotatable bonds is 8. The number of para-hydroxylation sites is 1. The lowest BCUT2D eigenvalue weighted by atomic mass is 10.1. The third kappa shape index (κ3) is 6.05. The number of anilines is 1. The fraction of sp³-hybridized carbons (Fsp3) is 0.0870. The van der Waals surface area contributed by atoms with Crippen molar-refractivity contribution in [1.29, 1.82) is 0 Å². The van der Waals surface area contributed by atoms with Gasteiger partial charge in [0.15, 0.2) is 11.5 Å². The van der Waals surface area contributed by atoms with Crippen molar-refractivity contribution in [3.8, 4) is 11.5 Å². The summed E-state index contributed by atoms with van der Waals surface area (Å²) in [5.41, 5.74) is 4.24. The molecule has 0 bridgehead atoms. The first-order valence-electron chi connectivity index (χ1n) is 9.44. The number of carbonyl (C=O) groups is 2. The van der Waals surface area contributed by atoms with Gasteiger partial charge in [-0.15, -0.1) is 0 Å². The maximum atomic E-state index is 12.9. The van der Waals surface area contributed by atoms with Gasteiger partial charge in [-0.25, -0.2) is 19.4 Å². The van der Waals surface area contributed by atoms with E-state index in [1.165, 1.54) is 49.7 Å². The van der Waals surface area contributed by atoms with Gasteiger partial charge in [0, 0.05) is 11.3 Å². The van der Waals surface area contributed by atoms with Crippen molar-refractivity contribution < 1.29 is 28.6 Å². The molecule has 0 heterocycles. The van der Waals surface area contributed by atoms with Crippen LogP contribution in [0.3, 0.4) is 0 Å². The van der Waals surface area contributed by atoms with Crippen LogP contribution >= 0.6 is 0 Å². The topological polar surface area (TPSA) is 109 Å². The molecule has 2 amide bonds. The molecule has 0 aromatic heterocycles. The zero-order valence-corrected chi connectivity index (χ0v) is 17.0. The molecular weight excluding hydrogens is 417 g/mol. The van der Waals surface area contributed by atoms with Gasteiger partial charge in [-0.3, -0.25) is 0 Å². The van der Waals surface area contributed by atoms with Gasteiger partial charge in [-0.1, -0.05) is 18.2 Å². The van der Waals surface area contributed by atoms with Crippen molar-refractivity contribution in [2.75, 3.05) is 12.4 Å². The molecule has 32 heavy (non-hydrogen) atoms. The van der Waals surface area contributed by atoms with E-state index < -0.39 is 17.8 Å². The summed E-state index contributed by atoms with van der Waals surface area (Å²) in [6, 6.07) is 16.2. The van der Waals surface area contributed by atoms with Gasteiger partial charge in [0.2, 0.25) is 0 Å². The van der Waals surface area contributed by atoms with Crippen LogP contribution in [0.2, 0.25) is 0 Å². The molecule has 0 spiro atoms. The number of halogens is 1. The Bertz CT molecular complexity index is 1120. The monoisotopic (exact) mass is 437 g/mol. The molecule has 0 fully saturated rings. The largest absolute Gasteiger partial charge is 0.493 e. The second kappa shape index (κ2) is 10.6. The van der Waals surface area contributed by atoms with Gasteiger partial charge in [0.25, 0.3) is 0 Å². The number of benzene rings is 3. The highest BCUT2D eigenvalue weighted by molar-refractivity contribution is 5.91. The second-order valence-electron chi connectivity index (χ2n) is 6.50. The van der Waals surface area contributed by atoms with Crippen LogP contribution < -0.4 is 20.2 Å². The average molecular weight is 437 g/mol. The predicted molar refractivity (Wildman–Crippen MR) is 117 cm³/mol. The van der Waals surface area contributed by atoms with E-state index in [1.54, 1.807) is 30.3 Å². The van der Waals surface area contributed by atoms with Crippen LogP contribution in [-0.2, 0) is 6.61 Å². The molecule has 0 aliphatic carbocycles. The van der Waals surface area contributed by atoms with Crippen LogP contribution in [0.15, 0.2) is 71.8 Å². The fourth-order valence-corrected chi connectivity index (χ4v) is 2.70. The summed E-state index contributed by atoms with van der Waals surface area (Å²) in [6.07, 6.45) is 1.40. The van der Waals surface area contributed by atoms with Crippen LogP contribution in [0, 0.1) is 5.82 Å². The summed E-state index contributed by atoms with van der Waals surface area (Å²) in [6.45, 7) is 0.166. The lowest BCUT2D eigenvalue weighted by Crippen LogP contribution is -2.24. The van der Waals surface area contributed by atoms with Crippen molar-refractivity contribution in [1.82, 2.24) is 5.43 Å². The first-order valence-corrected chi connectivity index (χ1v) is 9.44. The number of carboxylic acids is 1. The van der Waals surface area contributed by atoms with Gasteiger partial charge in [-0.2, -0.15) is 5.10 Å². The summed E-state index contributed by atoms with van der Waals surface area (Å²) in [4.78, 5) is 22.9. The van der Waals surface area contributed by atoms with E-state index in [0.717, 1.165) is 5.56 Å². The molecule has 8 nitrogen and oxygen atoms in total. The van der Waals surface area contributed by atoms with Gasteiger partial charge in [0.1, 0.15) is 12.4 Å². The van der Waals surface area contributed by atoms with E-state index in [1.807, 2.05) is 0 Å². The first kappa shape index (κ1) is 22.3. The summed E-state index contributed by atoms with van der Waals surface area (Å²) < 4.78 is 24.2.